The Morgan fingerprint density at radius 1 is 1.35 bits per heavy atom. The van der Waals surface area contributed by atoms with Crippen LogP contribution in [0.15, 0.2) is 24.3 Å². The number of likely N-dealkylation sites (N-methyl/N-ethyl adjacent to an activating group) is 1. The third-order valence-corrected chi connectivity index (χ3v) is 4.06. The molecule has 4 nitrogen and oxygen atoms in total. The molecule has 1 aliphatic rings. The molecular weight excluding hydrogens is 252 g/mol. The highest BCUT2D eigenvalue weighted by atomic mass is 16.2. The fourth-order valence-electron chi connectivity index (χ4n) is 2.33. The summed E-state index contributed by atoms with van der Waals surface area (Å²) in [6, 6.07) is 7.77. The minimum Gasteiger partial charge on any atom is -0.342 e. The van der Waals surface area contributed by atoms with Crippen molar-refractivity contribution in [3.63, 3.8) is 0 Å². The second-order valence-corrected chi connectivity index (χ2v) is 5.48. The maximum Gasteiger partial charge on any atom is 0.254 e. The quantitative estimate of drug-likeness (QED) is 0.847. The van der Waals surface area contributed by atoms with E-state index in [1.165, 1.54) is 5.56 Å². The van der Waals surface area contributed by atoms with Gasteiger partial charge in [-0.25, -0.2) is 0 Å². The van der Waals surface area contributed by atoms with Gasteiger partial charge in [0.1, 0.15) is 6.54 Å². The first-order valence-corrected chi connectivity index (χ1v) is 7.16. The van der Waals surface area contributed by atoms with E-state index in [-0.39, 0.29) is 18.4 Å². The van der Waals surface area contributed by atoms with Crippen LogP contribution < -0.4 is 0 Å². The molecule has 1 saturated heterocycles. The van der Waals surface area contributed by atoms with E-state index in [4.69, 9.17) is 0 Å². The molecule has 1 unspecified atom stereocenters. The largest absolute Gasteiger partial charge is 0.342 e. The Balaban J connectivity index is 2.15. The molecule has 2 amide bonds. The van der Waals surface area contributed by atoms with Gasteiger partial charge in [0.25, 0.3) is 5.91 Å². The monoisotopic (exact) mass is 274 g/mol. The van der Waals surface area contributed by atoms with Crippen molar-refractivity contribution < 1.29 is 9.59 Å². The van der Waals surface area contributed by atoms with Gasteiger partial charge in [-0.05, 0) is 30.0 Å². The second-order valence-electron chi connectivity index (χ2n) is 5.48. The summed E-state index contributed by atoms with van der Waals surface area (Å²) in [5, 5.41) is 0. The summed E-state index contributed by atoms with van der Waals surface area (Å²) in [6.45, 7) is 5.69. The minimum absolute atomic E-state index is 0.00248. The van der Waals surface area contributed by atoms with Crippen LogP contribution in [0.5, 0.6) is 0 Å². The first-order chi connectivity index (χ1) is 9.52. The van der Waals surface area contributed by atoms with Crippen molar-refractivity contribution in [2.75, 3.05) is 26.7 Å². The van der Waals surface area contributed by atoms with Crippen molar-refractivity contribution in [1.82, 2.24) is 9.80 Å². The molecule has 0 radical (unpaired) electrons. The third-order valence-electron chi connectivity index (χ3n) is 4.06. The summed E-state index contributed by atoms with van der Waals surface area (Å²) in [4.78, 5) is 27.5. The summed E-state index contributed by atoms with van der Waals surface area (Å²) in [5.41, 5.74) is 1.86. The van der Waals surface area contributed by atoms with Crippen molar-refractivity contribution in [2.24, 2.45) is 0 Å². The zero-order chi connectivity index (χ0) is 14.7. The second kappa shape index (κ2) is 6.07. The number of nitrogens with zero attached hydrogens (tertiary/aromatic N) is 2. The van der Waals surface area contributed by atoms with Crippen LogP contribution in [-0.2, 0) is 4.79 Å². The standard InChI is InChI=1S/C16H22N2O2/c1-4-12(2)13-6-5-7-14(10-13)16(20)18-9-8-17(3)15(19)11-18/h5-7,10,12H,4,8-9,11H2,1-3H3. The maximum atomic E-state index is 12.5. The van der Waals surface area contributed by atoms with Gasteiger partial charge in [0, 0.05) is 25.7 Å². The van der Waals surface area contributed by atoms with Crippen LogP contribution in [0.3, 0.4) is 0 Å². The molecule has 4 heteroatoms. The molecular formula is C16H22N2O2. The van der Waals surface area contributed by atoms with Gasteiger partial charge < -0.3 is 9.80 Å². The molecule has 108 valence electrons. The molecule has 0 aromatic heterocycles. The highest BCUT2D eigenvalue weighted by Gasteiger charge is 2.25. The number of carbonyl (C=O) groups is 2. The molecule has 0 spiro atoms. The summed E-state index contributed by atoms with van der Waals surface area (Å²) >= 11 is 0. The van der Waals surface area contributed by atoms with E-state index >= 15 is 0 Å². The lowest BCUT2D eigenvalue weighted by Crippen LogP contribution is -2.50. The van der Waals surface area contributed by atoms with Crippen molar-refractivity contribution in [2.45, 2.75) is 26.2 Å². The average molecular weight is 274 g/mol. The van der Waals surface area contributed by atoms with Crippen molar-refractivity contribution >= 4 is 11.8 Å². The van der Waals surface area contributed by atoms with Crippen LogP contribution in [-0.4, -0.2) is 48.3 Å². The summed E-state index contributed by atoms with van der Waals surface area (Å²) in [5.74, 6) is 0.399. The number of carbonyl (C=O) groups excluding carboxylic acids is 2. The topological polar surface area (TPSA) is 40.6 Å². The van der Waals surface area contributed by atoms with Gasteiger partial charge in [0.15, 0.2) is 0 Å². The molecule has 0 bridgehead atoms. The fraction of sp³-hybridized carbons (Fsp3) is 0.500. The van der Waals surface area contributed by atoms with Gasteiger partial charge >= 0.3 is 0 Å². The first-order valence-electron chi connectivity index (χ1n) is 7.16. The van der Waals surface area contributed by atoms with Crippen molar-refractivity contribution in [3.8, 4) is 0 Å². The highest BCUT2D eigenvalue weighted by molar-refractivity contribution is 5.97. The lowest BCUT2D eigenvalue weighted by atomic mass is 9.96. The normalized spacial score (nSPS) is 17.2. The Hall–Kier alpha value is -1.84. The summed E-state index contributed by atoms with van der Waals surface area (Å²) in [6.07, 6.45) is 1.05. The predicted octanol–water partition coefficient (Wildman–Crippen LogP) is 2.11. The predicted molar refractivity (Wildman–Crippen MR) is 78.7 cm³/mol. The molecule has 1 atom stereocenters. The number of benzene rings is 1. The molecule has 0 N–H and O–H groups in total. The average Bonchev–Trinajstić information content (AvgIpc) is 2.48. The van der Waals surface area contributed by atoms with Crippen LogP contribution in [0.1, 0.15) is 42.1 Å². The molecule has 20 heavy (non-hydrogen) atoms. The number of rotatable bonds is 3. The molecule has 1 aromatic rings. The van der Waals surface area contributed by atoms with E-state index in [1.807, 2.05) is 18.2 Å². The highest BCUT2D eigenvalue weighted by Crippen LogP contribution is 2.20. The Labute approximate surface area is 120 Å². The van der Waals surface area contributed by atoms with E-state index in [1.54, 1.807) is 16.8 Å². The van der Waals surface area contributed by atoms with Gasteiger partial charge in [0.05, 0.1) is 0 Å². The molecule has 1 aromatic carbocycles. The SMILES string of the molecule is CCC(C)c1cccc(C(=O)N2CCN(C)C(=O)C2)c1. The Kier molecular flexibility index (Phi) is 4.42. The minimum atomic E-state index is -0.0448. The molecule has 1 heterocycles. The van der Waals surface area contributed by atoms with Gasteiger partial charge in [-0.2, -0.15) is 0 Å². The van der Waals surface area contributed by atoms with Crippen LogP contribution in [0.2, 0.25) is 0 Å². The number of hydrogen-bond acceptors (Lipinski definition) is 2. The fourth-order valence-corrected chi connectivity index (χ4v) is 2.33. The molecule has 0 aliphatic carbocycles. The smallest absolute Gasteiger partial charge is 0.254 e. The summed E-state index contributed by atoms with van der Waals surface area (Å²) in [7, 11) is 1.77. The number of piperazine rings is 1. The van der Waals surface area contributed by atoms with E-state index in [0.29, 0.717) is 24.6 Å². The molecule has 0 saturated carbocycles. The first kappa shape index (κ1) is 14.6. The van der Waals surface area contributed by atoms with E-state index in [9.17, 15) is 9.59 Å². The molecule has 1 fully saturated rings. The van der Waals surface area contributed by atoms with E-state index in [2.05, 4.69) is 19.9 Å². The van der Waals surface area contributed by atoms with Gasteiger partial charge in [-0.3, -0.25) is 9.59 Å². The van der Waals surface area contributed by atoms with Crippen LogP contribution >= 0.6 is 0 Å². The van der Waals surface area contributed by atoms with Crippen LogP contribution in [0, 0.1) is 0 Å². The summed E-state index contributed by atoms with van der Waals surface area (Å²) < 4.78 is 0. The van der Waals surface area contributed by atoms with Gasteiger partial charge in [0.2, 0.25) is 5.91 Å². The Morgan fingerprint density at radius 3 is 2.75 bits per heavy atom. The Morgan fingerprint density at radius 2 is 2.10 bits per heavy atom. The molecule has 2 rings (SSSR count). The maximum absolute atomic E-state index is 12.5. The zero-order valence-electron chi connectivity index (χ0n) is 12.4. The third kappa shape index (κ3) is 3.00. The molecule has 1 aliphatic heterocycles. The van der Waals surface area contributed by atoms with Gasteiger partial charge in [-0.1, -0.05) is 26.0 Å². The number of amides is 2. The van der Waals surface area contributed by atoms with Crippen molar-refractivity contribution in [3.05, 3.63) is 35.4 Å². The lowest BCUT2D eigenvalue weighted by molar-refractivity contribution is -0.133. The lowest BCUT2D eigenvalue weighted by Gasteiger charge is -2.32. The zero-order valence-corrected chi connectivity index (χ0v) is 12.4. The van der Waals surface area contributed by atoms with Crippen LogP contribution in [0.25, 0.3) is 0 Å². The van der Waals surface area contributed by atoms with Crippen molar-refractivity contribution in [1.29, 1.82) is 0 Å². The van der Waals surface area contributed by atoms with Gasteiger partial charge in [-0.15, -0.1) is 0 Å². The van der Waals surface area contributed by atoms with E-state index < -0.39 is 0 Å². The Bertz CT molecular complexity index is 513. The van der Waals surface area contributed by atoms with Crippen LogP contribution in [0.4, 0.5) is 0 Å². The number of hydrogen-bond donors (Lipinski definition) is 0. The van der Waals surface area contributed by atoms with E-state index in [0.717, 1.165) is 6.42 Å².